The number of benzene rings is 1. The summed E-state index contributed by atoms with van der Waals surface area (Å²) in [5, 5.41) is 15.5. The van der Waals surface area contributed by atoms with Crippen molar-refractivity contribution in [3.8, 4) is 5.75 Å². The third-order valence-corrected chi connectivity index (χ3v) is 11.6. The topological polar surface area (TPSA) is 156 Å². The number of para-hydroxylation sites is 1. The molecule has 2 aliphatic heterocycles. The van der Waals surface area contributed by atoms with Gasteiger partial charge in [-0.2, -0.15) is 0 Å². The van der Waals surface area contributed by atoms with Crippen molar-refractivity contribution in [1.82, 2.24) is 30.4 Å². The monoisotopic (exact) mass is 736 g/mol. The molecule has 2 aromatic rings. The summed E-state index contributed by atoms with van der Waals surface area (Å²) in [7, 11) is 0.791. The van der Waals surface area contributed by atoms with Gasteiger partial charge < -0.3 is 33.7 Å². The fourth-order valence-corrected chi connectivity index (χ4v) is 8.77. The van der Waals surface area contributed by atoms with Crippen molar-refractivity contribution < 1.29 is 37.9 Å². The van der Waals surface area contributed by atoms with Crippen LogP contribution in [0.25, 0.3) is 0 Å². The van der Waals surface area contributed by atoms with Gasteiger partial charge in [0.15, 0.2) is 5.82 Å². The third-order valence-electron chi connectivity index (χ3n) is 11.6. The Bertz CT molecular complexity index is 1680. The molecule has 290 valence electrons. The van der Waals surface area contributed by atoms with Crippen LogP contribution in [0.3, 0.4) is 0 Å². The van der Waals surface area contributed by atoms with Crippen LogP contribution in [-0.4, -0.2) is 99.2 Å². The van der Waals surface area contributed by atoms with Gasteiger partial charge in [0.25, 0.3) is 0 Å². The Morgan fingerprint density at radius 3 is 2.38 bits per heavy atom. The van der Waals surface area contributed by atoms with Gasteiger partial charge in [0.05, 0.1) is 31.2 Å². The smallest absolute Gasteiger partial charge is 0.482 e. The summed E-state index contributed by atoms with van der Waals surface area (Å²) in [6.45, 7) is 19.5. The first kappa shape index (κ1) is 39.0. The molecular weight excluding hydrogens is 679 g/mol. The first-order chi connectivity index (χ1) is 24.8. The summed E-state index contributed by atoms with van der Waals surface area (Å²) in [4.78, 5) is 41.4. The zero-order valence-electron chi connectivity index (χ0n) is 33.1. The van der Waals surface area contributed by atoms with E-state index in [4.69, 9.17) is 23.5 Å². The largest absolute Gasteiger partial charge is 0.496 e. The van der Waals surface area contributed by atoms with Gasteiger partial charge >= 0.3 is 19.2 Å². The summed E-state index contributed by atoms with van der Waals surface area (Å²) in [5.41, 5.74) is -0.562. The van der Waals surface area contributed by atoms with E-state index in [9.17, 15) is 14.4 Å². The predicted molar refractivity (Wildman–Crippen MR) is 196 cm³/mol. The van der Waals surface area contributed by atoms with Gasteiger partial charge in [-0.15, -0.1) is 5.10 Å². The number of nitrogens with one attached hydrogen (secondary N) is 1. The van der Waals surface area contributed by atoms with Gasteiger partial charge in [-0.05, 0) is 126 Å². The Labute approximate surface area is 313 Å². The molecule has 3 saturated carbocycles. The summed E-state index contributed by atoms with van der Waals surface area (Å²) in [6, 6.07) is 5.35. The summed E-state index contributed by atoms with van der Waals surface area (Å²) in [5.74, 6) is 0.564. The van der Waals surface area contributed by atoms with Crippen molar-refractivity contribution in [3.05, 3.63) is 35.2 Å². The molecule has 0 radical (unpaired) electrons. The predicted octanol–water partition coefficient (Wildman–Crippen LogP) is 4.82. The summed E-state index contributed by atoms with van der Waals surface area (Å²) >= 11 is 0. The molecule has 15 heteroatoms. The number of hydrogen-bond donors (Lipinski definition) is 1. The van der Waals surface area contributed by atoms with Crippen molar-refractivity contribution in [2.24, 2.45) is 23.2 Å². The zero-order chi connectivity index (χ0) is 38.5. The summed E-state index contributed by atoms with van der Waals surface area (Å²) in [6.07, 6.45) is 3.37. The molecule has 3 aliphatic carbocycles. The van der Waals surface area contributed by atoms with E-state index in [1.807, 2.05) is 47.6 Å². The maximum atomic E-state index is 13.9. The molecule has 2 amide bonds. The second-order valence-corrected chi connectivity index (χ2v) is 18.1. The van der Waals surface area contributed by atoms with E-state index in [2.05, 4.69) is 41.6 Å². The van der Waals surface area contributed by atoms with Crippen LogP contribution in [0.15, 0.2) is 18.2 Å². The number of likely N-dealkylation sites (tertiary alicyclic amines) is 1. The Kier molecular flexibility index (Phi) is 10.7. The Hall–Kier alpha value is -3.72. The van der Waals surface area contributed by atoms with Crippen LogP contribution in [0.4, 0.5) is 4.79 Å². The SMILES string of the molecule is COc1c(C[C@H](NC(=O)Cc2nnnn2CC2CCN(C(=O)OC(C)(C)C)CC2)B2O[C@@H]3CC4C[C@@H](C4(C)C)[C@]3(C)O2)cccc1C(=O)OC(C)(C)C. The molecule has 5 atom stereocenters. The second-order valence-electron chi connectivity index (χ2n) is 18.1. The molecule has 0 spiro atoms. The normalized spacial score (nSPS) is 26.0. The van der Waals surface area contributed by atoms with E-state index in [1.165, 1.54) is 7.11 Å². The van der Waals surface area contributed by atoms with Gasteiger partial charge in [-0.1, -0.05) is 26.0 Å². The van der Waals surface area contributed by atoms with Crippen LogP contribution >= 0.6 is 0 Å². The lowest BCUT2D eigenvalue weighted by molar-refractivity contribution is -0.199. The number of aromatic nitrogens is 4. The molecule has 53 heavy (non-hydrogen) atoms. The van der Waals surface area contributed by atoms with Crippen LogP contribution in [0.5, 0.6) is 5.75 Å². The molecule has 14 nitrogen and oxygen atoms in total. The van der Waals surface area contributed by atoms with Gasteiger partial charge in [0.2, 0.25) is 5.91 Å². The highest BCUT2D eigenvalue weighted by atomic mass is 16.7. The number of tetrazole rings is 1. The third kappa shape index (κ3) is 8.35. The van der Waals surface area contributed by atoms with E-state index >= 15 is 0 Å². The van der Waals surface area contributed by atoms with E-state index in [0.717, 1.165) is 25.7 Å². The van der Waals surface area contributed by atoms with Crippen molar-refractivity contribution in [2.75, 3.05) is 20.2 Å². The summed E-state index contributed by atoms with van der Waals surface area (Å²) < 4.78 is 32.2. The fraction of sp³-hybridized carbons (Fsp3) is 0.737. The average molecular weight is 737 g/mol. The van der Waals surface area contributed by atoms with Crippen LogP contribution in [0.2, 0.25) is 0 Å². The zero-order valence-corrected chi connectivity index (χ0v) is 33.1. The molecule has 1 N–H and O–H groups in total. The minimum absolute atomic E-state index is 0.0551. The fourth-order valence-electron chi connectivity index (χ4n) is 8.77. The number of rotatable bonds is 10. The highest BCUT2D eigenvalue weighted by Gasteiger charge is 2.68. The number of ether oxygens (including phenoxy) is 3. The lowest BCUT2D eigenvalue weighted by Crippen LogP contribution is -2.65. The van der Waals surface area contributed by atoms with Crippen molar-refractivity contribution >= 4 is 25.1 Å². The molecule has 7 rings (SSSR count). The quantitative estimate of drug-likeness (QED) is 0.264. The van der Waals surface area contributed by atoms with E-state index in [-0.39, 0.29) is 42.3 Å². The van der Waals surface area contributed by atoms with E-state index in [1.54, 1.807) is 21.7 Å². The standard InChI is InChI=1S/C38H57BN6O8/c1-35(2,3)50-33(47)26-13-11-12-24(32(26)49-10)18-29(39-52-28-20-25-19-27(37(25,7)8)38(28,9)53-39)40-31(46)21-30-41-42-43-45(30)22-23-14-16-44(17-15-23)34(48)51-36(4,5)6/h11-13,23,25,27-29H,14-22H2,1-10H3,(H,40,46)/t25?,27-,28+,29-,38-/m0/s1. The maximum absolute atomic E-state index is 13.9. The molecule has 1 aromatic heterocycles. The molecule has 3 heterocycles. The second kappa shape index (κ2) is 14.5. The molecule has 1 unspecified atom stereocenters. The molecule has 5 fully saturated rings. The van der Waals surface area contributed by atoms with Crippen molar-refractivity contribution in [3.63, 3.8) is 0 Å². The number of esters is 1. The number of carbonyl (C=O) groups is 3. The van der Waals surface area contributed by atoms with Crippen LogP contribution in [-0.2, 0) is 43.0 Å². The van der Waals surface area contributed by atoms with Gasteiger partial charge in [-0.3, -0.25) is 4.79 Å². The van der Waals surface area contributed by atoms with Crippen LogP contribution < -0.4 is 10.1 Å². The number of carbonyl (C=O) groups excluding carboxylic acids is 3. The van der Waals surface area contributed by atoms with Gasteiger partial charge in [0.1, 0.15) is 22.5 Å². The van der Waals surface area contributed by atoms with Crippen molar-refractivity contribution in [1.29, 1.82) is 0 Å². The number of amides is 2. The highest BCUT2D eigenvalue weighted by molar-refractivity contribution is 6.48. The Balaban J connectivity index is 1.17. The van der Waals surface area contributed by atoms with E-state index < -0.39 is 35.8 Å². The molecule has 5 aliphatic rings. The van der Waals surface area contributed by atoms with E-state index in [0.29, 0.717) is 54.2 Å². The molecule has 2 bridgehead atoms. The van der Waals surface area contributed by atoms with Gasteiger partial charge in [0, 0.05) is 19.6 Å². The number of hydrogen-bond acceptors (Lipinski definition) is 11. The van der Waals surface area contributed by atoms with Crippen LogP contribution in [0.1, 0.15) is 110 Å². The average Bonchev–Trinajstić information content (AvgIpc) is 3.65. The van der Waals surface area contributed by atoms with Crippen molar-refractivity contribution in [2.45, 2.75) is 136 Å². The minimum Gasteiger partial charge on any atom is -0.496 e. The lowest BCUT2D eigenvalue weighted by atomic mass is 9.43. The molecule has 1 aromatic carbocycles. The molecular formula is C38H57BN6O8. The number of methoxy groups -OCH3 is 1. The molecule has 2 saturated heterocycles. The Morgan fingerprint density at radius 2 is 1.74 bits per heavy atom. The van der Waals surface area contributed by atoms with Gasteiger partial charge in [-0.25, -0.2) is 14.3 Å². The minimum atomic E-state index is -0.731. The first-order valence-corrected chi connectivity index (χ1v) is 19.0. The lowest BCUT2D eigenvalue weighted by Gasteiger charge is -2.64. The first-order valence-electron chi connectivity index (χ1n) is 19.0. The number of piperidine rings is 1. The Morgan fingerprint density at radius 1 is 1.04 bits per heavy atom. The van der Waals surface area contributed by atoms with Crippen LogP contribution in [0, 0.1) is 23.2 Å². The highest BCUT2D eigenvalue weighted by Crippen LogP contribution is 2.65. The maximum Gasteiger partial charge on any atom is 0.482 e. The number of nitrogens with zero attached hydrogens (tertiary/aromatic N) is 5.